The van der Waals surface area contributed by atoms with Crippen molar-refractivity contribution in [2.24, 2.45) is 0 Å². The maximum absolute atomic E-state index is 13.1. The Morgan fingerprint density at radius 3 is 2.42 bits per heavy atom. The Morgan fingerprint density at radius 2 is 1.79 bits per heavy atom. The maximum Gasteiger partial charge on any atom is 1.00 e. The molecule has 1 aliphatic rings. The Hall–Kier alpha value is -2.37. The van der Waals surface area contributed by atoms with E-state index in [2.05, 4.69) is 0 Å². The number of carbonyl (C=O) groups is 2. The number of hydrogen-bond acceptors (Lipinski definition) is 6. The van der Waals surface area contributed by atoms with Crippen LogP contribution in [0.25, 0.3) is 0 Å². The minimum atomic E-state index is -4.63. The molecule has 0 aliphatic carbocycles. The summed E-state index contributed by atoms with van der Waals surface area (Å²) in [5.41, 5.74) is -3.38. The predicted octanol–water partition coefficient (Wildman–Crippen LogP) is 2.61. The van der Waals surface area contributed by atoms with Crippen molar-refractivity contribution in [3.8, 4) is 17.2 Å². The SMILES string of the molecule is O=C([O-])C1CCOc2cc(Oc3ccc(C(=O)N(CCc4ccccc4)SC(F)(F)F)cc3)c(Cl)cc21.[Na+]. The first-order chi connectivity index (χ1) is 17.6. The van der Waals surface area contributed by atoms with Gasteiger partial charge in [-0.15, -0.1) is 0 Å². The zero-order valence-electron chi connectivity index (χ0n) is 20.2. The molecule has 1 atom stereocenters. The molecule has 0 spiro atoms. The van der Waals surface area contributed by atoms with Crippen molar-refractivity contribution >= 4 is 35.4 Å². The van der Waals surface area contributed by atoms with Crippen molar-refractivity contribution in [2.45, 2.75) is 24.3 Å². The molecule has 0 N–H and O–H groups in total. The van der Waals surface area contributed by atoms with E-state index < -0.39 is 35.3 Å². The van der Waals surface area contributed by atoms with Gasteiger partial charge in [0.25, 0.3) is 5.91 Å². The van der Waals surface area contributed by atoms with Crippen LogP contribution < -0.4 is 44.1 Å². The van der Waals surface area contributed by atoms with Crippen LogP contribution in [0.4, 0.5) is 13.2 Å². The molecule has 0 saturated heterocycles. The zero-order valence-corrected chi connectivity index (χ0v) is 23.7. The smallest absolute Gasteiger partial charge is 0.549 e. The Labute approximate surface area is 248 Å². The number of alkyl halides is 3. The molecule has 6 nitrogen and oxygen atoms in total. The van der Waals surface area contributed by atoms with Gasteiger partial charge in [-0.3, -0.25) is 9.10 Å². The third kappa shape index (κ3) is 7.83. The molecule has 4 rings (SSSR count). The van der Waals surface area contributed by atoms with Gasteiger partial charge in [-0.25, -0.2) is 0 Å². The standard InChI is InChI=1S/C26H21ClF3NO5S.Na/c27-21-14-20-19(25(33)34)11-13-35-22(20)15-23(21)36-18-8-6-17(7-9-18)24(32)31(37-26(28,29)30)12-10-16-4-2-1-3-5-16;/h1-9,14-15,19H,10-13H2,(H,33,34);/q;+1/p-1. The third-order valence-electron chi connectivity index (χ3n) is 5.60. The van der Waals surface area contributed by atoms with Gasteiger partial charge in [0.05, 0.1) is 23.6 Å². The van der Waals surface area contributed by atoms with E-state index >= 15 is 0 Å². The van der Waals surface area contributed by atoms with Gasteiger partial charge < -0.3 is 19.4 Å². The van der Waals surface area contributed by atoms with Crippen LogP contribution in [0.2, 0.25) is 5.02 Å². The summed E-state index contributed by atoms with van der Waals surface area (Å²) in [5, 5.41) is 11.5. The molecule has 1 unspecified atom stereocenters. The second-order valence-corrected chi connectivity index (χ2v) is 9.63. The number of carbonyl (C=O) groups excluding carboxylic acids is 2. The van der Waals surface area contributed by atoms with Gasteiger partial charge in [0.1, 0.15) is 17.2 Å². The number of nitrogens with zero attached hydrogens (tertiary/aromatic N) is 1. The molecular weight excluding hydrogens is 554 g/mol. The summed E-state index contributed by atoms with van der Waals surface area (Å²) >= 11 is 5.81. The summed E-state index contributed by atoms with van der Waals surface area (Å²) in [6.45, 7) is 0.0586. The van der Waals surface area contributed by atoms with Gasteiger partial charge in [-0.2, -0.15) is 13.2 Å². The quantitative estimate of drug-likeness (QED) is 0.305. The van der Waals surface area contributed by atoms with Crippen LogP contribution in [0.15, 0.2) is 66.7 Å². The third-order valence-corrected chi connectivity index (χ3v) is 6.68. The number of halogens is 4. The fraction of sp³-hybridized carbons (Fsp3) is 0.231. The molecule has 1 aliphatic heterocycles. The number of carboxylic acids is 1. The zero-order chi connectivity index (χ0) is 26.6. The van der Waals surface area contributed by atoms with Gasteiger partial charge >= 0.3 is 35.1 Å². The van der Waals surface area contributed by atoms with Crippen LogP contribution >= 0.6 is 23.5 Å². The van der Waals surface area contributed by atoms with E-state index in [0.29, 0.717) is 15.6 Å². The number of rotatable bonds is 8. The summed E-state index contributed by atoms with van der Waals surface area (Å²) < 4.78 is 51.4. The summed E-state index contributed by atoms with van der Waals surface area (Å²) in [7, 11) is 0. The van der Waals surface area contributed by atoms with E-state index in [4.69, 9.17) is 21.1 Å². The summed E-state index contributed by atoms with van der Waals surface area (Å²) in [4.78, 5) is 24.3. The predicted molar refractivity (Wildman–Crippen MR) is 131 cm³/mol. The van der Waals surface area contributed by atoms with Crippen LogP contribution in [0.1, 0.15) is 33.8 Å². The molecule has 3 aromatic carbocycles. The minimum absolute atomic E-state index is 0. The first-order valence-electron chi connectivity index (χ1n) is 11.2. The normalized spacial score (nSPS) is 14.5. The Balaban J connectivity index is 0.00000400. The van der Waals surface area contributed by atoms with Gasteiger partial charge in [0.15, 0.2) is 0 Å². The molecule has 3 aromatic rings. The molecule has 0 saturated carbocycles. The number of amides is 1. The molecular formula is C26H20ClF3NNaO5S. The van der Waals surface area contributed by atoms with Crippen molar-refractivity contribution in [3.63, 3.8) is 0 Å². The molecule has 1 amide bonds. The van der Waals surface area contributed by atoms with Crippen LogP contribution in [0.3, 0.4) is 0 Å². The molecule has 0 bridgehead atoms. The van der Waals surface area contributed by atoms with E-state index in [1.54, 1.807) is 30.3 Å². The molecule has 0 fully saturated rings. The van der Waals surface area contributed by atoms with Crippen LogP contribution in [0, 0.1) is 0 Å². The second kappa shape index (κ2) is 13.1. The van der Waals surface area contributed by atoms with E-state index in [1.165, 1.54) is 36.4 Å². The molecule has 12 heteroatoms. The van der Waals surface area contributed by atoms with Crippen molar-refractivity contribution in [1.82, 2.24) is 4.31 Å². The monoisotopic (exact) mass is 573 g/mol. The largest absolute Gasteiger partial charge is 1.00 e. The average Bonchev–Trinajstić information content (AvgIpc) is 2.86. The summed E-state index contributed by atoms with van der Waals surface area (Å²) in [6, 6.07) is 17.4. The number of aliphatic carboxylic acids is 1. The number of ether oxygens (including phenoxy) is 2. The van der Waals surface area contributed by atoms with Crippen molar-refractivity contribution in [1.29, 1.82) is 0 Å². The minimum Gasteiger partial charge on any atom is -0.549 e. The number of hydrogen-bond donors (Lipinski definition) is 0. The average molecular weight is 574 g/mol. The fourth-order valence-corrected chi connectivity index (χ4v) is 4.67. The number of fused-ring (bicyclic) bond motifs is 1. The van der Waals surface area contributed by atoms with Crippen LogP contribution in [-0.2, 0) is 11.2 Å². The molecule has 38 heavy (non-hydrogen) atoms. The van der Waals surface area contributed by atoms with E-state index in [1.807, 2.05) is 0 Å². The van der Waals surface area contributed by atoms with Gasteiger partial charge in [-0.1, -0.05) is 41.9 Å². The Bertz CT molecular complexity index is 1280. The van der Waals surface area contributed by atoms with Gasteiger partial charge in [0.2, 0.25) is 0 Å². The van der Waals surface area contributed by atoms with Crippen LogP contribution in [0.5, 0.6) is 17.2 Å². The van der Waals surface area contributed by atoms with Gasteiger partial charge in [-0.05, 0) is 48.7 Å². The molecule has 1 heterocycles. The topological polar surface area (TPSA) is 78.9 Å². The summed E-state index contributed by atoms with van der Waals surface area (Å²) in [5.74, 6) is -2.10. The van der Waals surface area contributed by atoms with Crippen molar-refractivity contribution < 1.29 is 66.9 Å². The maximum atomic E-state index is 13.1. The fourth-order valence-electron chi connectivity index (χ4n) is 3.84. The van der Waals surface area contributed by atoms with Gasteiger partial charge in [0, 0.05) is 35.6 Å². The number of carboxylic acid groups (broad SMARTS) is 1. The summed E-state index contributed by atoms with van der Waals surface area (Å²) in [6.07, 6.45) is 0.519. The van der Waals surface area contributed by atoms with Crippen LogP contribution in [-0.4, -0.2) is 34.8 Å². The van der Waals surface area contributed by atoms with E-state index in [9.17, 15) is 27.9 Å². The van der Waals surface area contributed by atoms with E-state index in [0.717, 1.165) is 5.56 Å². The first kappa shape index (κ1) is 30.2. The number of benzene rings is 3. The Kier molecular flexibility index (Phi) is 10.4. The first-order valence-corrected chi connectivity index (χ1v) is 12.3. The molecule has 0 radical (unpaired) electrons. The van der Waals surface area contributed by atoms with E-state index in [-0.39, 0.29) is 77.6 Å². The molecule has 0 aromatic heterocycles. The Morgan fingerprint density at radius 1 is 1.11 bits per heavy atom. The van der Waals surface area contributed by atoms with Crippen molar-refractivity contribution in [2.75, 3.05) is 13.2 Å². The second-order valence-electron chi connectivity index (χ2n) is 8.14. The molecule has 194 valence electrons. The van der Waals surface area contributed by atoms with Crippen molar-refractivity contribution in [3.05, 3.63) is 88.4 Å².